The molecule has 2 atom stereocenters. The van der Waals surface area contributed by atoms with Crippen molar-refractivity contribution in [1.29, 1.82) is 0 Å². The summed E-state index contributed by atoms with van der Waals surface area (Å²) in [5, 5.41) is 8.47. The quantitative estimate of drug-likeness (QED) is 0.312. The molecule has 0 saturated heterocycles. The molecule has 3 N–H and O–H groups in total. The Morgan fingerprint density at radius 1 is 0.762 bits per heavy atom. The van der Waals surface area contributed by atoms with Gasteiger partial charge in [0.2, 0.25) is 0 Å². The SMILES string of the molecule is CCCCCCCCCO.O=[PH](O)O[PH](=O)O.[Na].[Na].[Na].[Na]. The molecule has 6 nitrogen and oxygen atoms in total. The van der Waals surface area contributed by atoms with E-state index in [-0.39, 0.29) is 118 Å². The van der Waals surface area contributed by atoms with E-state index in [0.29, 0.717) is 6.61 Å². The zero-order valence-corrected chi connectivity index (χ0v) is 24.2. The average Bonchev–Trinajstić information content (AvgIpc) is 2.22. The zero-order chi connectivity index (χ0) is 13.5. The van der Waals surface area contributed by atoms with Crippen LogP contribution in [0.3, 0.4) is 0 Å². The number of aliphatic hydroxyl groups is 1. The molecule has 0 aliphatic carbocycles. The first-order valence-electron chi connectivity index (χ1n) is 5.79. The second kappa shape index (κ2) is 35.4. The largest absolute Gasteiger partial charge is 0.396 e. The summed E-state index contributed by atoms with van der Waals surface area (Å²) in [4.78, 5) is 15.4. The van der Waals surface area contributed by atoms with Crippen molar-refractivity contribution in [1.82, 2.24) is 0 Å². The molecule has 0 saturated carbocycles. The van der Waals surface area contributed by atoms with Crippen molar-refractivity contribution in [3.8, 4) is 0 Å². The molecule has 0 aromatic heterocycles. The van der Waals surface area contributed by atoms with E-state index in [9.17, 15) is 9.13 Å². The summed E-state index contributed by atoms with van der Waals surface area (Å²) < 4.78 is 22.3. The van der Waals surface area contributed by atoms with Crippen LogP contribution in [0.1, 0.15) is 51.9 Å². The van der Waals surface area contributed by atoms with E-state index >= 15 is 0 Å². The van der Waals surface area contributed by atoms with Crippen molar-refractivity contribution >= 4 is 135 Å². The summed E-state index contributed by atoms with van der Waals surface area (Å²) >= 11 is 0. The van der Waals surface area contributed by atoms with Gasteiger partial charge in [-0.05, 0) is 6.42 Å². The molecule has 0 fully saturated rings. The zero-order valence-electron chi connectivity index (χ0n) is 14.2. The van der Waals surface area contributed by atoms with Crippen LogP contribution in [0.15, 0.2) is 0 Å². The minimum absolute atomic E-state index is 0. The number of unbranched alkanes of at least 4 members (excludes halogenated alkanes) is 6. The molecule has 0 heterocycles. The molecule has 21 heavy (non-hydrogen) atoms. The fraction of sp³-hybridized carbons (Fsp3) is 1.00. The maximum absolute atomic E-state index is 9.44. The Bertz CT molecular complexity index is 195. The Labute approximate surface area is 218 Å². The molecule has 0 bridgehead atoms. The summed E-state index contributed by atoms with van der Waals surface area (Å²) in [5.41, 5.74) is 0. The molecule has 0 rings (SSSR count). The molecule has 4 radical (unpaired) electrons. The second-order valence-corrected chi connectivity index (χ2v) is 5.36. The first kappa shape index (κ1) is 40.1. The van der Waals surface area contributed by atoms with Gasteiger partial charge in [0.1, 0.15) is 0 Å². The van der Waals surface area contributed by atoms with Gasteiger partial charge in [-0.25, -0.2) is 4.31 Å². The van der Waals surface area contributed by atoms with Crippen LogP contribution < -0.4 is 0 Å². The molecule has 2 unspecified atom stereocenters. The van der Waals surface area contributed by atoms with Crippen LogP contribution in [0.4, 0.5) is 0 Å². The normalized spacial score (nSPS) is 11.0. The molecule has 0 aliphatic heterocycles. The van der Waals surface area contributed by atoms with Gasteiger partial charge in [-0.2, -0.15) is 0 Å². The van der Waals surface area contributed by atoms with Crippen LogP contribution >= 0.6 is 16.5 Å². The van der Waals surface area contributed by atoms with E-state index in [0.717, 1.165) is 6.42 Å². The van der Waals surface area contributed by atoms with Gasteiger partial charge in [0, 0.05) is 125 Å². The van der Waals surface area contributed by atoms with E-state index in [4.69, 9.17) is 14.9 Å². The summed E-state index contributed by atoms with van der Waals surface area (Å²) in [6, 6.07) is 0. The molecule has 12 heteroatoms. The molecular weight excluding hydrogens is 358 g/mol. The summed E-state index contributed by atoms with van der Waals surface area (Å²) in [7, 11) is -6.40. The Morgan fingerprint density at radius 2 is 1.10 bits per heavy atom. The van der Waals surface area contributed by atoms with E-state index < -0.39 is 16.5 Å². The Balaban J connectivity index is -0.0000000468. The van der Waals surface area contributed by atoms with E-state index in [1.807, 2.05) is 0 Å². The molecule has 0 aliphatic rings. The smallest absolute Gasteiger partial charge is 0.323 e. The van der Waals surface area contributed by atoms with Crippen molar-refractivity contribution < 1.29 is 28.3 Å². The second-order valence-electron chi connectivity index (χ2n) is 3.48. The van der Waals surface area contributed by atoms with Crippen LogP contribution in [0.25, 0.3) is 0 Å². The van der Waals surface area contributed by atoms with Gasteiger partial charge in [-0.1, -0.05) is 45.4 Å². The molecule has 0 aromatic carbocycles. The minimum Gasteiger partial charge on any atom is -0.396 e. The monoisotopic (exact) mass is 382 g/mol. The fourth-order valence-corrected chi connectivity index (χ4v) is 1.74. The Hall–Kier alpha value is 4.30. The first-order chi connectivity index (χ1) is 8.04. The number of rotatable bonds is 9. The van der Waals surface area contributed by atoms with Crippen molar-refractivity contribution in [2.45, 2.75) is 51.9 Å². The van der Waals surface area contributed by atoms with Crippen LogP contribution in [-0.2, 0) is 13.4 Å². The van der Waals surface area contributed by atoms with E-state index in [2.05, 4.69) is 11.2 Å². The van der Waals surface area contributed by atoms with Gasteiger partial charge >= 0.3 is 16.5 Å². The summed E-state index contributed by atoms with van der Waals surface area (Å²) in [6.07, 6.45) is 8.93. The predicted molar refractivity (Wildman–Crippen MR) is 91.6 cm³/mol. The fourth-order valence-electron chi connectivity index (χ4n) is 1.14. The predicted octanol–water partition coefficient (Wildman–Crippen LogP) is 0.973. The first-order valence-corrected chi connectivity index (χ1v) is 8.31. The number of aliphatic hydroxyl groups excluding tert-OH is 1. The minimum atomic E-state index is -3.20. The molecule has 0 aromatic rings. The Kier molecular flexibility index (Phi) is 67.6. The van der Waals surface area contributed by atoms with Gasteiger partial charge in [0.15, 0.2) is 0 Å². The van der Waals surface area contributed by atoms with Gasteiger partial charge in [0.25, 0.3) is 0 Å². The van der Waals surface area contributed by atoms with Gasteiger partial charge < -0.3 is 14.9 Å². The van der Waals surface area contributed by atoms with Crippen LogP contribution in [0.2, 0.25) is 0 Å². The third-order valence-electron chi connectivity index (χ3n) is 1.94. The molecule has 0 spiro atoms. The van der Waals surface area contributed by atoms with Crippen LogP contribution in [-0.4, -0.2) is 140 Å². The van der Waals surface area contributed by atoms with Crippen molar-refractivity contribution in [3.63, 3.8) is 0 Å². The van der Waals surface area contributed by atoms with Gasteiger partial charge in [-0.15, -0.1) is 0 Å². The van der Waals surface area contributed by atoms with Crippen LogP contribution in [0, 0.1) is 0 Å². The number of hydrogen-bond acceptors (Lipinski definition) is 4. The van der Waals surface area contributed by atoms with Crippen molar-refractivity contribution in [3.05, 3.63) is 0 Å². The van der Waals surface area contributed by atoms with E-state index in [1.54, 1.807) is 0 Å². The average molecular weight is 382 g/mol. The van der Waals surface area contributed by atoms with Crippen molar-refractivity contribution in [2.75, 3.05) is 6.61 Å². The van der Waals surface area contributed by atoms with Gasteiger partial charge in [0.05, 0.1) is 0 Å². The maximum atomic E-state index is 9.44. The van der Waals surface area contributed by atoms with Crippen LogP contribution in [0.5, 0.6) is 0 Å². The maximum Gasteiger partial charge on any atom is 0.323 e. The molecule has 110 valence electrons. The molecule has 0 amide bonds. The summed E-state index contributed by atoms with van der Waals surface area (Å²) in [5.74, 6) is 0. The van der Waals surface area contributed by atoms with Gasteiger partial charge in [-0.3, -0.25) is 9.13 Å². The number of hydrogen-bond donors (Lipinski definition) is 3. The third kappa shape index (κ3) is 51.6. The molecular formula is C9H24Na4O6P2. The third-order valence-corrected chi connectivity index (χ3v) is 3.33. The topological polar surface area (TPSA) is 104 Å². The summed E-state index contributed by atoms with van der Waals surface area (Å²) in [6.45, 7) is 2.60. The standard InChI is InChI=1S/C9H20O.4Na.H4O5P2/c1-2-3-4-5-6-7-8-9-10;;;;;1-6(2)5-7(3)4/h10H,2-9H2,1H3;;;;;6-7H,(H,1,2)(H,3,4). The Morgan fingerprint density at radius 3 is 1.33 bits per heavy atom. The van der Waals surface area contributed by atoms with Crippen molar-refractivity contribution in [2.24, 2.45) is 0 Å². The van der Waals surface area contributed by atoms with E-state index in [1.165, 1.54) is 38.5 Å².